The van der Waals surface area contributed by atoms with Crippen LogP contribution in [0.4, 0.5) is 0 Å². The van der Waals surface area contributed by atoms with E-state index in [-0.39, 0.29) is 24.0 Å². The van der Waals surface area contributed by atoms with Gasteiger partial charge in [0.15, 0.2) is 11.8 Å². The number of benzene rings is 1. The molecule has 0 saturated carbocycles. The molecule has 28 heavy (non-hydrogen) atoms. The van der Waals surface area contributed by atoms with Crippen LogP contribution < -0.4 is 10.6 Å². The summed E-state index contributed by atoms with van der Waals surface area (Å²) >= 11 is 0. The first-order chi connectivity index (χ1) is 13.1. The van der Waals surface area contributed by atoms with Crippen molar-refractivity contribution in [1.29, 1.82) is 0 Å². The zero-order valence-electron chi connectivity index (χ0n) is 16.5. The highest BCUT2D eigenvalue weighted by atomic mass is 127. The van der Waals surface area contributed by atoms with Crippen molar-refractivity contribution in [1.82, 2.24) is 25.4 Å². The molecule has 0 radical (unpaired) electrons. The largest absolute Gasteiger partial charge is 0.356 e. The topological polar surface area (TPSA) is 67.1 Å². The minimum atomic E-state index is 0. The summed E-state index contributed by atoms with van der Waals surface area (Å²) in [5.74, 6) is 1.59. The molecule has 148 valence electrons. The lowest BCUT2D eigenvalue weighted by Gasteiger charge is -2.13. The molecule has 3 rings (SSSR count). The number of pyridine rings is 1. The van der Waals surface area contributed by atoms with Gasteiger partial charge in [-0.15, -0.1) is 24.0 Å². The Morgan fingerprint density at radius 2 is 1.82 bits per heavy atom. The predicted octanol–water partition coefficient (Wildman–Crippen LogP) is 3.41. The average molecular weight is 490 g/mol. The molecule has 0 aliphatic rings. The molecule has 3 aromatic rings. The highest BCUT2D eigenvalue weighted by Gasteiger charge is 2.03. The molecule has 0 fully saturated rings. The lowest BCUT2D eigenvalue weighted by molar-refractivity contribution is 0.789. The minimum absolute atomic E-state index is 0. The van der Waals surface area contributed by atoms with Gasteiger partial charge in [-0.2, -0.15) is 5.10 Å². The van der Waals surface area contributed by atoms with Crippen LogP contribution >= 0.6 is 24.0 Å². The second-order valence-electron chi connectivity index (χ2n) is 6.57. The first-order valence-electron chi connectivity index (χ1n) is 9.10. The molecule has 6 nitrogen and oxygen atoms in total. The van der Waals surface area contributed by atoms with E-state index in [0.29, 0.717) is 6.54 Å². The number of rotatable bonds is 6. The quantitative estimate of drug-likeness (QED) is 0.316. The Kier molecular flexibility index (Phi) is 8.43. The monoisotopic (exact) mass is 490 g/mol. The lowest BCUT2D eigenvalue weighted by Crippen LogP contribution is -2.37. The van der Waals surface area contributed by atoms with Crippen LogP contribution in [0.15, 0.2) is 60.0 Å². The zero-order chi connectivity index (χ0) is 19.1. The Morgan fingerprint density at radius 3 is 2.50 bits per heavy atom. The summed E-state index contributed by atoms with van der Waals surface area (Å²) in [5, 5.41) is 10.9. The lowest BCUT2D eigenvalue weighted by atomic mass is 10.1. The summed E-state index contributed by atoms with van der Waals surface area (Å²) in [4.78, 5) is 8.66. The van der Waals surface area contributed by atoms with Crippen molar-refractivity contribution >= 4 is 29.9 Å². The van der Waals surface area contributed by atoms with Gasteiger partial charge < -0.3 is 10.6 Å². The molecule has 7 heteroatoms. The first-order valence-corrected chi connectivity index (χ1v) is 9.10. The summed E-state index contributed by atoms with van der Waals surface area (Å²) in [5.41, 5.74) is 5.07. The number of hydrogen-bond acceptors (Lipinski definition) is 3. The van der Waals surface area contributed by atoms with Gasteiger partial charge >= 0.3 is 0 Å². The van der Waals surface area contributed by atoms with Crippen LogP contribution in [0.25, 0.3) is 5.82 Å². The molecule has 2 heterocycles. The number of aryl methyl sites for hydroxylation is 2. The van der Waals surface area contributed by atoms with Gasteiger partial charge in [-0.1, -0.05) is 29.3 Å². The predicted molar refractivity (Wildman–Crippen MR) is 125 cm³/mol. The molecule has 2 N–H and O–H groups in total. The second-order valence-corrected chi connectivity index (χ2v) is 6.57. The number of guanidine groups is 1. The van der Waals surface area contributed by atoms with Gasteiger partial charge in [0.25, 0.3) is 0 Å². The van der Waals surface area contributed by atoms with E-state index in [1.807, 2.05) is 24.4 Å². The SMILES string of the molecule is CN=C(NCCc1cc(C)cc(C)c1)NCc1ccnc(-n2cccn2)c1.I. The third-order valence-corrected chi connectivity index (χ3v) is 4.22. The van der Waals surface area contributed by atoms with Crippen LogP contribution in [0.5, 0.6) is 0 Å². The Labute approximate surface area is 183 Å². The van der Waals surface area contributed by atoms with E-state index in [4.69, 9.17) is 0 Å². The average Bonchev–Trinajstić information content (AvgIpc) is 3.19. The highest BCUT2D eigenvalue weighted by molar-refractivity contribution is 14.0. The highest BCUT2D eigenvalue weighted by Crippen LogP contribution is 2.09. The summed E-state index contributed by atoms with van der Waals surface area (Å²) in [6, 6.07) is 12.6. The van der Waals surface area contributed by atoms with Crippen molar-refractivity contribution in [3.63, 3.8) is 0 Å². The molecule has 0 atom stereocenters. The molecule has 0 spiro atoms. The Balaban J connectivity index is 0.00000280. The van der Waals surface area contributed by atoms with Gasteiger partial charge in [-0.05, 0) is 49.6 Å². The van der Waals surface area contributed by atoms with Gasteiger partial charge in [-0.3, -0.25) is 4.99 Å². The number of nitrogens with one attached hydrogen (secondary N) is 2. The number of aliphatic imine (C=N–C) groups is 1. The first kappa shape index (κ1) is 21.9. The molecular formula is C21H27IN6. The van der Waals surface area contributed by atoms with Gasteiger partial charge in [0.2, 0.25) is 0 Å². The Bertz CT molecular complexity index is 885. The molecule has 0 aliphatic carbocycles. The second kappa shape index (κ2) is 10.8. The van der Waals surface area contributed by atoms with Crippen LogP contribution in [0, 0.1) is 13.8 Å². The summed E-state index contributed by atoms with van der Waals surface area (Å²) in [6.07, 6.45) is 6.38. The molecular weight excluding hydrogens is 463 g/mol. The van der Waals surface area contributed by atoms with E-state index in [0.717, 1.165) is 30.3 Å². The molecule has 0 saturated heterocycles. The van der Waals surface area contributed by atoms with Crippen molar-refractivity contribution in [3.8, 4) is 5.82 Å². The minimum Gasteiger partial charge on any atom is -0.356 e. The normalized spacial score (nSPS) is 11.0. The Morgan fingerprint density at radius 1 is 1.04 bits per heavy atom. The van der Waals surface area contributed by atoms with Crippen molar-refractivity contribution in [2.75, 3.05) is 13.6 Å². The zero-order valence-corrected chi connectivity index (χ0v) is 18.8. The van der Waals surface area contributed by atoms with E-state index < -0.39 is 0 Å². The Hall–Kier alpha value is -2.42. The van der Waals surface area contributed by atoms with Crippen molar-refractivity contribution in [3.05, 3.63) is 77.2 Å². The van der Waals surface area contributed by atoms with Gasteiger partial charge in [-0.25, -0.2) is 9.67 Å². The maximum absolute atomic E-state index is 4.35. The van der Waals surface area contributed by atoms with E-state index >= 15 is 0 Å². The van der Waals surface area contributed by atoms with Gasteiger partial charge in [0, 0.05) is 38.7 Å². The van der Waals surface area contributed by atoms with Crippen LogP contribution in [0.3, 0.4) is 0 Å². The van der Waals surface area contributed by atoms with E-state index in [2.05, 4.69) is 57.8 Å². The maximum Gasteiger partial charge on any atom is 0.191 e. The van der Waals surface area contributed by atoms with Crippen molar-refractivity contribution in [2.45, 2.75) is 26.8 Å². The van der Waals surface area contributed by atoms with Gasteiger partial charge in [0.05, 0.1) is 0 Å². The molecule has 0 aliphatic heterocycles. The third kappa shape index (κ3) is 6.33. The summed E-state index contributed by atoms with van der Waals surface area (Å²) in [6.45, 7) is 5.77. The summed E-state index contributed by atoms with van der Waals surface area (Å²) < 4.78 is 1.75. The molecule has 1 aromatic carbocycles. The standard InChI is InChI=1S/C21H26N6.HI/c1-16-11-17(2)13-18(12-16)5-9-24-21(22-3)25-15-19-6-8-23-20(14-19)27-10-4-7-26-27;/h4,6-8,10-14H,5,9,15H2,1-3H3,(H2,22,24,25);1H. The summed E-state index contributed by atoms with van der Waals surface area (Å²) in [7, 11) is 1.79. The van der Waals surface area contributed by atoms with Crippen molar-refractivity contribution < 1.29 is 0 Å². The van der Waals surface area contributed by atoms with E-state index in [9.17, 15) is 0 Å². The van der Waals surface area contributed by atoms with Crippen LogP contribution in [-0.2, 0) is 13.0 Å². The fourth-order valence-electron chi connectivity index (χ4n) is 3.05. The van der Waals surface area contributed by atoms with Crippen LogP contribution in [-0.4, -0.2) is 34.3 Å². The van der Waals surface area contributed by atoms with Crippen LogP contribution in [0.1, 0.15) is 22.3 Å². The third-order valence-electron chi connectivity index (χ3n) is 4.22. The van der Waals surface area contributed by atoms with E-state index in [1.165, 1.54) is 16.7 Å². The number of nitrogens with zero attached hydrogens (tertiary/aromatic N) is 4. The number of halogens is 1. The molecule has 0 unspecified atom stereocenters. The molecule has 0 amide bonds. The van der Waals surface area contributed by atoms with Crippen LogP contribution in [0.2, 0.25) is 0 Å². The molecule has 0 bridgehead atoms. The smallest absolute Gasteiger partial charge is 0.191 e. The van der Waals surface area contributed by atoms with Crippen molar-refractivity contribution in [2.24, 2.45) is 4.99 Å². The van der Waals surface area contributed by atoms with Gasteiger partial charge in [0.1, 0.15) is 0 Å². The number of aromatic nitrogens is 3. The fourth-order valence-corrected chi connectivity index (χ4v) is 3.05. The van der Waals surface area contributed by atoms with E-state index in [1.54, 1.807) is 24.1 Å². The number of hydrogen-bond donors (Lipinski definition) is 2. The maximum atomic E-state index is 4.35. The fraction of sp³-hybridized carbons (Fsp3) is 0.286. The molecule has 2 aromatic heterocycles.